The summed E-state index contributed by atoms with van der Waals surface area (Å²) in [6.45, 7) is 10.1. The molecule has 112 valence electrons. The third-order valence-electron chi connectivity index (χ3n) is 3.26. The first kappa shape index (κ1) is 17.1. The number of aliphatic carboxylic acids is 1. The van der Waals surface area contributed by atoms with E-state index in [4.69, 9.17) is 10.8 Å². The van der Waals surface area contributed by atoms with Gasteiger partial charge in [-0.25, -0.2) is 0 Å². The Morgan fingerprint density at radius 1 is 1.25 bits per heavy atom. The lowest BCUT2D eigenvalue weighted by Crippen LogP contribution is -2.46. The minimum Gasteiger partial charge on any atom is -0.480 e. The second-order valence-corrected chi connectivity index (χ2v) is 8.14. The van der Waals surface area contributed by atoms with Crippen LogP contribution in [0.1, 0.15) is 46.6 Å². The van der Waals surface area contributed by atoms with Gasteiger partial charge in [0.05, 0.1) is 0 Å². The Balaban J connectivity index is 2.68. The van der Waals surface area contributed by atoms with Crippen LogP contribution in [0, 0.1) is 0 Å². The molecule has 20 heavy (non-hydrogen) atoms. The normalized spacial score (nSPS) is 16.5. The average Bonchev–Trinajstić information content (AvgIpc) is 2.27. The van der Waals surface area contributed by atoms with Crippen molar-refractivity contribution in [1.82, 2.24) is 0 Å². The second-order valence-electron chi connectivity index (χ2n) is 6.63. The maximum Gasteiger partial charge on any atom is 0.323 e. The Morgan fingerprint density at radius 3 is 2.15 bits per heavy atom. The highest BCUT2D eigenvalue weighted by Gasteiger charge is 2.30. The smallest absolute Gasteiger partial charge is 0.323 e. The van der Waals surface area contributed by atoms with E-state index < -0.39 is 11.5 Å². The van der Waals surface area contributed by atoms with Gasteiger partial charge >= 0.3 is 5.97 Å². The SMILES string of the molecule is CC(CC(C)(N)C(=O)O)Sc1ccc(C(C)(C)C)cc1. The van der Waals surface area contributed by atoms with Crippen LogP contribution in [0.5, 0.6) is 0 Å². The molecule has 0 aromatic heterocycles. The maximum atomic E-state index is 11.0. The highest BCUT2D eigenvalue weighted by Crippen LogP contribution is 2.30. The highest BCUT2D eigenvalue weighted by molar-refractivity contribution is 7.99. The molecule has 0 amide bonds. The molecule has 0 heterocycles. The number of carboxylic acids is 1. The van der Waals surface area contributed by atoms with Gasteiger partial charge in [0.25, 0.3) is 0 Å². The lowest BCUT2D eigenvalue weighted by Gasteiger charge is -2.23. The van der Waals surface area contributed by atoms with Crippen LogP contribution in [0.3, 0.4) is 0 Å². The van der Waals surface area contributed by atoms with Crippen LogP contribution in [0.4, 0.5) is 0 Å². The maximum absolute atomic E-state index is 11.0. The molecular formula is C16H25NO2S. The number of rotatable bonds is 5. The molecule has 0 saturated carbocycles. The largest absolute Gasteiger partial charge is 0.480 e. The van der Waals surface area contributed by atoms with Gasteiger partial charge in [-0.1, -0.05) is 39.8 Å². The molecule has 1 aromatic carbocycles. The zero-order valence-electron chi connectivity index (χ0n) is 12.9. The number of nitrogens with two attached hydrogens (primary N) is 1. The van der Waals surface area contributed by atoms with Crippen molar-refractivity contribution in [1.29, 1.82) is 0 Å². The lowest BCUT2D eigenvalue weighted by molar-refractivity contribution is -0.142. The number of carboxylic acid groups (broad SMARTS) is 1. The minimum absolute atomic E-state index is 0.147. The van der Waals surface area contributed by atoms with Gasteiger partial charge in [0.15, 0.2) is 0 Å². The first-order valence-corrected chi connectivity index (χ1v) is 7.70. The summed E-state index contributed by atoms with van der Waals surface area (Å²) in [5, 5.41) is 9.20. The molecule has 2 unspecified atom stereocenters. The predicted octanol–water partition coefficient (Wildman–Crippen LogP) is 3.66. The summed E-state index contributed by atoms with van der Waals surface area (Å²) in [4.78, 5) is 12.2. The summed E-state index contributed by atoms with van der Waals surface area (Å²) in [6.07, 6.45) is 0.439. The zero-order chi connectivity index (χ0) is 15.6. The highest BCUT2D eigenvalue weighted by atomic mass is 32.2. The van der Waals surface area contributed by atoms with Gasteiger partial charge in [-0.2, -0.15) is 0 Å². The van der Waals surface area contributed by atoms with E-state index in [2.05, 4.69) is 45.0 Å². The molecule has 0 fully saturated rings. The van der Waals surface area contributed by atoms with Crippen molar-refractivity contribution >= 4 is 17.7 Å². The Labute approximate surface area is 125 Å². The van der Waals surface area contributed by atoms with E-state index in [0.29, 0.717) is 6.42 Å². The van der Waals surface area contributed by atoms with E-state index in [9.17, 15) is 4.79 Å². The first-order chi connectivity index (χ1) is 9.02. The van der Waals surface area contributed by atoms with Gasteiger partial charge in [0.1, 0.15) is 5.54 Å². The van der Waals surface area contributed by atoms with Gasteiger partial charge in [-0.15, -0.1) is 11.8 Å². The summed E-state index contributed by atoms with van der Waals surface area (Å²) in [5.41, 5.74) is 6.06. The number of carbonyl (C=O) groups is 1. The Bertz CT molecular complexity index is 460. The Morgan fingerprint density at radius 2 is 1.75 bits per heavy atom. The van der Waals surface area contributed by atoms with Crippen LogP contribution >= 0.6 is 11.8 Å². The van der Waals surface area contributed by atoms with Gasteiger partial charge in [0, 0.05) is 10.1 Å². The molecule has 0 bridgehead atoms. The molecule has 0 saturated heterocycles. The number of hydrogen-bond donors (Lipinski definition) is 2. The topological polar surface area (TPSA) is 63.3 Å². The minimum atomic E-state index is -1.17. The van der Waals surface area contributed by atoms with Crippen LogP contribution in [-0.4, -0.2) is 21.9 Å². The van der Waals surface area contributed by atoms with Crippen LogP contribution in [0.2, 0.25) is 0 Å². The standard InChI is InChI=1S/C16H25NO2S/c1-11(10-16(5,17)14(18)19)20-13-8-6-12(7-9-13)15(2,3)4/h6-9,11H,10,17H2,1-5H3,(H,18,19). The molecule has 3 nitrogen and oxygen atoms in total. The lowest BCUT2D eigenvalue weighted by atomic mass is 9.87. The molecule has 0 aliphatic heterocycles. The van der Waals surface area contributed by atoms with Crippen molar-refractivity contribution in [2.75, 3.05) is 0 Å². The monoisotopic (exact) mass is 295 g/mol. The first-order valence-electron chi connectivity index (χ1n) is 6.82. The predicted molar refractivity (Wildman–Crippen MR) is 85.3 cm³/mol. The Hall–Kier alpha value is -1.00. The molecule has 3 N–H and O–H groups in total. The molecule has 4 heteroatoms. The molecule has 1 rings (SSSR count). The van der Waals surface area contributed by atoms with E-state index in [1.54, 1.807) is 18.7 Å². The third kappa shape index (κ3) is 4.84. The molecule has 0 radical (unpaired) electrons. The van der Waals surface area contributed by atoms with Gasteiger partial charge in [-0.05, 0) is 36.5 Å². The van der Waals surface area contributed by atoms with E-state index in [1.165, 1.54) is 5.56 Å². The summed E-state index contributed by atoms with van der Waals surface area (Å²) in [7, 11) is 0. The fraction of sp³-hybridized carbons (Fsp3) is 0.562. The molecule has 1 aromatic rings. The molecule has 2 atom stereocenters. The van der Waals surface area contributed by atoms with Gasteiger partial charge in [0.2, 0.25) is 0 Å². The summed E-state index contributed by atoms with van der Waals surface area (Å²) >= 11 is 1.66. The number of thioether (sulfide) groups is 1. The molecule has 0 spiro atoms. The van der Waals surface area contributed by atoms with Crippen LogP contribution in [-0.2, 0) is 10.2 Å². The van der Waals surface area contributed by atoms with Crippen molar-refractivity contribution in [3.05, 3.63) is 29.8 Å². The van der Waals surface area contributed by atoms with E-state index in [1.807, 2.05) is 6.92 Å². The van der Waals surface area contributed by atoms with Crippen molar-refractivity contribution < 1.29 is 9.90 Å². The Kier molecular flexibility index (Phi) is 5.27. The molecule has 0 aliphatic carbocycles. The van der Waals surface area contributed by atoms with E-state index >= 15 is 0 Å². The number of benzene rings is 1. The van der Waals surface area contributed by atoms with Crippen molar-refractivity contribution in [3.8, 4) is 0 Å². The fourth-order valence-corrected chi connectivity index (χ4v) is 3.18. The van der Waals surface area contributed by atoms with Crippen LogP contribution < -0.4 is 5.73 Å². The summed E-state index contributed by atoms with van der Waals surface area (Å²) in [6, 6.07) is 8.45. The van der Waals surface area contributed by atoms with Crippen molar-refractivity contribution in [3.63, 3.8) is 0 Å². The number of hydrogen-bond acceptors (Lipinski definition) is 3. The van der Waals surface area contributed by atoms with Crippen molar-refractivity contribution in [2.45, 2.75) is 62.1 Å². The van der Waals surface area contributed by atoms with Gasteiger partial charge in [-0.3, -0.25) is 4.79 Å². The molecular weight excluding hydrogens is 270 g/mol. The third-order valence-corrected chi connectivity index (χ3v) is 4.37. The zero-order valence-corrected chi connectivity index (χ0v) is 13.8. The quantitative estimate of drug-likeness (QED) is 0.814. The summed E-state index contributed by atoms with van der Waals surface area (Å²) < 4.78 is 0. The molecule has 0 aliphatic rings. The van der Waals surface area contributed by atoms with Crippen LogP contribution in [0.25, 0.3) is 0 Å². The average molecular weight is 295 g/mol. The second kappa shape index (κ2) is 6.19. The van der Waals surface area contributed by atoms with Crippen molar-refractivity contribution in [2.24, 2.45) is 5.73 Å². The fourth-order valence-electron chi connectivity index (χ4n) is 1.99. The van der Waals surface area contributed by atoms with E-state index in [0.717, 1.165) is 4.90 Å². The van der Waals surface area contributed by atoms with E-state index in [-0.39, 0.29) is 10.7 Å². The summed E-state index contributed by atoms with van der Waals surface area (Å²) in [5.74, 6) is -0.951. The van der Waals surface area contributed by atoms with Crippen LogP contribution in [0.15, 0.2) is 29.2 Å². The van der Waals surface area contributed by atoms with Gasteiger partial charge < -0.3 is 10.8 Å².